The third-order valence-corrected chi connectivity index (χ3v) is 5.37. The Morgan fingerprint density at radius 3 is 2.71 bits per heavy atom. The molecule has 4 rings (SSSR count). The summed E-state index contributed by atoms with van der Waals surface area (Å²) in [6.45, 7) is 3.65. The maximum Gasteiger partial charge on any atom is 0.352 e. The van der Waals surface area contributed by atoms with Gasteiger partial charge < -0.3 is 19.6 Å². The van der Waals surface area contributed by atoms with Gasteiger partial charge in [-0.15, -0.1) is 11.3 Å². The fourth-order valence-corrected chi connectivity index (χ4v) is 3.70. The van der Waals surface area contributed by atoms with Crippen molar-refractivity contribution in [3.63, 3.8) is 0 Å². The molecule has 2 N–H and O–H groups in total. The van der Waals surface area contributed by atoms with Crippen molar-refractivity contribution in [1.29, 1.82) is 0 Å². The Hall–Kier alpha value is -3.84. The van der Waals surface area contributed by atoms with Gasteiger partial charge >= 0.3 is 5.97 Å². The number of ether oxygens (including phenoxy) is 2. The van der Waals surface area contributed by atoms with Crippen molar-refractivity contribution < 1.29 is 18.7 Å². The molecule has 1 unspecified atom stereocenters. The van der Waals surface area contributed by atoms with Crippen LogP contribution in [-0.2, 0) is 9.53 Å². The van der Waals surface area contributed by atoms with E-state index in [-0.39, 0.29) is 18.2 Å². The summed E-state index contributed by atoms with van der Waals surface area (Å²) in [6.07, 6.45) is 2.03. The maximum atomic E-state index is 12.8. The first-order valence-corrected chi connectivity index (χ1v) is 10.4. The largest absolute Gasteiger partial charge is 0.464 e. The molecule has 4 aromatic rings. The molecule has 0 amide bonds. The fraction of sp³-hybridized carbons (Fsp3) is 0.0833. The number of aromatic nitrogens is 1. The molecule has 0 saturated heterocycles. The summed E-state index contributed by atoms with van der Waals surface area (Å²) in [7, 11) is 0. The van der Waals surface area contributed by atoms with Gasteiger partial charge in [-0.05, 0) is 29.6 Å². The van der Waals surface area contributed by atoms with Gasteiger partial charge in [-0.2, -0.15) is 0 Å². The van der Waals surface area contributed by atoms with Crippen LogP contribution in [0.5, 0.6) is 5.88 Å². The molecule has 1 aromatic carbocycles. The van der Waals surface area contributed by atoms with Crippen molar-refractivity contribution in [3.8, 4) is 27.8 Å². The normalized spacial score (nSPS) is 11.6. The molecule has 0 spiro atoms. The molecule has 0 bridgehead atoms. The van der Waals surface area contributed by atoms with Crippen molar-refractivity contribution in [2.45, 2.75) is 6.10 Å². The van der Waals surface area contributed by atoms with Crippen LogP contribution >= 0.6 is 11.3 Å². The monoisotopic (exact) mass is 432 g/mol. The summed E-state index contributed by atoms with van der Waals surface area (Å²) in [6, 6.07) is 18.4. The molecule has 0 radical (unpaired) electrons. The highest BCUT2D eigenvalue weighted by atomic mass is 32.1. The van der Waals surface area contributed by atoms with Crippen LogP contribution in [0.4, 0.5) is 5.69 Å². The first-order valence-electron chi connectivity index (χ1n) is 9.54. The second-order valence-corrected chi connectivity index (χ2v) is 7.50. The smallest absolute Gasteiger partial charge is 0.352 e. The molecule has 0 fully saturated rings. The van der Waals surface area contributed by atoms with E-state index in [1.54, 1.807) is 30.5 Å². The standard InChI is InChI=1S/C24H20N2O4S/c1-2-12-29-24(27)22(16-8-4-3-5-9-16)30-23-21(25)17(19-10-6-13-28-19)15-18(26-23)20-11-7-14-31-20/h2-11,13-15,22H,1,12,25H2. The topological polar surface area (TPSA) is 87.6 Å². The van der Waals surface area contributed by atoms with E-state index in [1.165, 1.54) is 17.4 Å². The number of pyridine rings is 1. The van der Waals surface area contributed by atoms with Crippen molar-refractivity contribution in [1.82, 2.24) is 4.98 Å². The molecule has 31 heavy (non-hydrogen) atoms. The molecular weight excluding hydrogens is 412 g/mol. The van der Waals surface area contributed by atoms with E-state index in [9.17, 15) is 4.79 Å². The molecule has 6 nitrogen and oxygen atoms in total. The van der Waals surface area contributed by atoms with Crippen LogP contribution < -0.4 is 10.5 Å². The Kier molecular flexibility index (Phi) is 6.14. The van der Waals surface area contributed by atoms with Crippen LogP contribution in [0.1, 0.15) is 11.7 Å². The number of thiophene rings is 1. The third kappa shape index (κ3) is 4.51. The second-order valence-electron chi connectivity index (χ2n) is 6.56. The molecule has 3 aromatic heterocycles. The molecule has 0 saturated carbocycles. The predicted octanol–water partition coefficient (Wildman–Crippen LogP) is 5.50. The van der Waals surface area contributed by atoms with Crippen LogP contribution in [0.2, 0.25) is 0 Å². The van der Waals surface area contributed by atoms with E-state index in [1.807, 2.05) is 41.8 Å². The number of hydrogen-bond donors (Lipinski definition) is 1. The van der Waals surface area contributed by atoms with Crippen molar-refractivity contribution >= 4 is 23.0 Å². The zero-order valence-electron chi connectivity index (χ0n) is 16.6. The molecule has 156 valence electrons. The fourth-order valence-electron chi connectivity index (χ4n) is 3.02. The first kappa shape index (κ1) is 20.4. The van der Waals surface area contributed by atoms with Crippen LogP contribution in [0.3, 0.4) is 0 Å². The maximum absolute atomic E-state index is 12.8. The summed E-state index contributed by atoms with van der Waals surface area (Å²) in [5, 5.41) is 1.96. The number of esters is 1. The molecular formula is C24H20N2O4S. The van der Waals surface area contributed by atoms with E-state index in [4.69, 9.17) is 19.6 Å². The van der Waals surface area contributed by atoms with Crippen LogP contribution in [0.15, 0.2) is 89.4 Å². The predicted molar refractivity (Wildman–Crippen MR) is 121 cm³/mol. The summed E-state index contributed by atoms with van der Waals surface area (Å²) in [4.78, 5) is 18.3. The molecule has 0 aliphatic heterocycles. The van der Waals surface area contributed by atoms with Gasteiger partial charge in [0.2, 0.25) is 12.0 Å². The lowest BCUT2D eigenvalue weighted by molar-refractivity contribution is -0.151. The zero-order chi connectivity index (χ0) is 21.6. The zero-order valence-corrected chi connectivity index (χ0v) is 17.4. The number of rotatable bonds is 8. The number of nitrogens with two attached hydrogens (primary N) is 1. The lowest BCUT2D eigenvalue weighted by Gasteiger charge is -2.20. The van der Waals surface area contributed by atoms with Crippen LogP contribution in [0.25, 0.3) is 21.9 Å². The van der Waals surface area contributed by atoms with E-state index < -0.39 is 12.1 Å². The Labute approximate surface area is 183 Å². The minimum Gasteiger partial charge on any atom is -0.464 e. The van der Waals surface area contributed by atoms with E-state index in [0.29, 0.717) is 22.6 Å². The van der Waals surface area contributed by atoms with Gasteiger partial charge in [-0.3, -0.25) is 0 Å². The Bertz CT molecular complexity index is 1160. The van der Waals surface area contributed by atoms with Crippen molar-refractivity contribution in [2.75, 3.05) is 12.3 Å². The highest BCUT2D eigenvalue weighted by molar-refractivity contribution is 7.13. The average molecular weight is 433 g/mol. The van der Waals surface area contributed by atoms with Crippen LogP contribution in [0, 0.1) is 0 Å². The first-order chi connectivity index (χ1) is 15.2. The number of nitrogen functional groups attached to an aromatic ring is 1. The van der Waals surface area contributed by atoms with E-state index in [2.05, 4.69) is 11.6 Å². The minimum atomic E-state index is -1.04. The van der Waals surface area contributed by atoms with Gasteiger partial charge in [0.05, 0.1) is 16.8 Å². The Balaban J connectivity index is 1.79. The summed E-state index contributed by atoms with van der Waals surface area (Å²) >= 11 is 1.54. The minimum absolute atomic E-state index is 0.0708. The van der Waals surface area contributed by atoms with Gasteiger partial charge in [-0.25, -0.2) is 9.78 Å². The lowest BCUT2D eigenvalue weighted by Crippen LogP contribution is -2.22. The number of carbonyl (C=O) groups excluding carboxylic acids is 1. The molecule has 0 aliphatic carbocycles. The third-order valence-electron chi connectivity index (χ3n) is 4.47. The number of benzene rings is 1. The molecule has 7 heteroatoms. The van der Waals surface area contributed by atoms with E-state index >= 15 is 0 Å². The summed E-state index contributed by atoms with van der Waals surface area (Å²) in [5.74, 6) is 0.142. The molecule has 1 atom stereocenters. The van der Waals surface area contributed by atoms with Crippen molar-refractivity contribution in [2.24, 2.45) is 0 Å². The number of furan rings is 1. The second kappa shape index (κ2) is 9.32. The van der Waals surface area contributed by atoms with E-state index in [0.717, 1.165) is 4.88 Å². The van der Waals surface area contributed by atoms with Gasteiger partial charge in [0, 0.05) is 11.1 Å². The number of carbonyl (C=O) groups is 1. The number of nitrogens with zero attached hydrogens (tertiary/aromatic N) is 1. The van der Waals surface area contributed by atoms with Crippen molar-refractivity contribution in [3.05, 3.63) is 90.5 Å². The van der Waals surface area contributed by atoms with Gasteiger partial charge in [-0.1, -0.05) is 49.1 Å². The SMILES string of the molecule is C=CCOC(=O)C(Oc1nc(-c2cccs2)cc(-c2ccco2)c1N)c1ccccc1. The van der Waals surface area contributed by atoms with Crippen LogP contribution in [-0.4, -0.2) is 17.6 Å². The molecule has 3 heterocycles. The Morgan fingerprint density at radius 1 is 1.19 bits per heavy atom. The highest BCUT2D eigenvalue weighted by Gasteiger charge is 2.27. The summed E-state index contributed by atoms with van der Waals surface area (Å²) in [5.41, 5.74) is 8.60. The van der Waals surface area contributed by atoms with Gasteiger partial charge in [0.25, 0.3) is 0 Å². The Morgan fingerprint density at radius 2 is 2.03 bits per heavy atom. The highest BCUT2D eigenvalue weighted by Crippen LogP contribution is 2.38. The number of anilines is 1. The lowest BCUT2D eigenvalue weighted by atomic mass is 10.1. The van der Waals surface area contributed by atoms with Gasteiger partial charge in [0.1, 0.15) is 18.1 Å². The molecule has 0 aliphatic rings. The number of hydrogen-bond acceptors (Lipinski definition) is 7. The quantitative estimate of drug-likeness (QED) is 0.292. The van der Waals surface area contributed by atoms with Gasteiger partial charge in [0.15, 0.2) is 0 Å². The summed E-state index contributed by atoms with van der Waals surface area (Å²) < 4.78 is 16.9. The average Bonchev–Trinajstić information content (AvgIpc) is 3.52.